The standard InChI is InChI=1S/C10H14IN3OS/c1-7-6-8(2)14(12-7)10(15)9-4-3-5-13(9)16-11/h6,9H,3-5H2,1-2H3. The van der Waals surface area contributed by atoms with Crippen LogP contribution in [0.3, 0.4) is 0 Å². The van der Waals surface area contributed by atoms with Crippen molar-refractivity contribution >= 4 is 36.2 Å². The molecule has 1 aliphatic rings. The molecule has 1 aliphatic heterocycles. The molecule has 0 N–H and O–H groups in total. The fourth-order valence-electron chi connectivity index (χ4n) is 2.06. The summed E-state index contributed by atoms with van der Waals surface area (Å²) in [7, 11) is 1.62. The molecule has 2 rings (SSSR count). The van der Waals surface area contributed by atoms with Crippen molar-refractivity contribution in [3.8, 4) is 0 Å². The number of hydrogen-bond donors (Lipinski definition) is 0. The van der Waals surface area contributed by atoms with Crippen LogP contribution in [0, 0.1) is 13.8 Å². The van der Waals surface area contributed by atoms with E-state index < -0.39 is 0 Å². The summed E-state index contributed by atoms with van der Waals surface area (Å²) >= 11 is 2.23. The first-order valence-corrected chi connectivity index (χ1v) is 8.58. The zero-order chi connectivity index (χ0) is 11.7. The minimum Gasteiger partial charge on any atom is -0.271 e. The molecule has 0 saturated carbocycles. The van der Waals surface area contributed by atoms with Crippen LogP contribution in [0.15, 0.2) is 6.07 Å². The Morgan fingerprint density at radius 3 is 2.94 bits per heavy atom. The van der Waals surface area contributed by atoms with E-state index in [4.69, 9.17) is 0 Å². The molecule has 0 aliphatic carbocycles. The number of halogens is 1. The van der Waals surface area contributed by atoms with Gasteiger partial charge in [-0.3, -0.25) is 4.79 Å². The zero-order valence-corrected chi connectivity index (χ0v) is 12.3. The van der Waals surface area contributed by atoms with Gasteiger partial charge < -0.3 is 0 Å². The Bertz CT molecular complexity index is 407. The molecule has 0 spiro atoms. The average Bonchev–Trinajstić information content (AvgIpc) is 2.83. The Morgan fingerprint density at radius 2 is 2.38 bits per heavy atom. The first-order chi connectivity index (χ1) is 7.63. The van der Waals surface area contributed by atoms with E-state index in [2.05, 4.69) is 30.6 Å². The highest BCUT2D eigenvalue weighted by molar-refractivity contribution is 14.2. The van der Waals surface area contributed by atoms with E-state index in [0.717, 1.165) is 30.8 Å². The van der Waals surface area contributed by atoms with E-state index in [9.17, 15) is 4.79 Å². The van der Waals surface area contributed by atoms with Crippen LogP contribution in [0.25, 0.3) is 0 Å². The maximum Gasteiger partial charge on any atom is 0.265 e. The van der Waals surface area contributed by atoms with Crippen molar-refractivity contribution in [2.45, 2.75) is 32.7 Å². The van der Waals surface area contributed by atoms with E-state index in [-0.39, 0.29) is 11.9 Å². The summed E-state index contributed by atoms with van der Waals surface area (Å²) in [6.07, 6.45) is 2.03. The van der Waals surface area contributed by atoms with Gasteiger partial charge in [0.15, 0.2) is 0 Å². The quantitative estimate of drug-likeness (QED) is 0.607. The lowest BCUT2D eigenvalue weighted by Gasteiger charge is -2.19. The van der Waals surface area contributed by atoms with Gasteiger partial charge in [0, 0.05) is 33.4 Å². The van der Waals surface area contributed by atoms with Gasteiger partial charge in [0.05, 0.1) is 5.69 Å². The van der Waals surface area contributed by atoms with Crippen LogP contribution in [0.4, 0.5) is 0 Å². The molecular weight excluding hydrogens is 337 g/mol. The molecule has 1 aromatic heterocycles. The van der Waals surface area contributed by atoms with Crippen LogP contribution in [0.2, 0.25) is 0 Å². The molecule has 0 aromatic carbocycles. The fourth-order valence-corrected chi connectivity index (χ4v) is 3.97. The highest BCUT2D eigenvalue weighted by Crippen LogP contribution is 2.30. The summed E-state index contributed by atoms with van der Waals surface area (Å²) in [6, 6.07) is 1.92. The predicted molar refractivity (Wildman–Crippen MR) is 73.7 cm³/mol. The molecule has 0 radical (unpaired) electrons. The lowest BCUT2D eigenvalue weighted by molar-refractivity contribution is 0.0819. The average molecular weight is 351 g/mol. The fraction of sp³-hybridized carbons (Fsp3) is 0.600. The van der Waals surface area contributed by atoms with E-state index >= 15 is 0 Å². The number of carbonyl (C=O) groups excluding carboxylic acids is 1. The molecule has 4 nitrogen and oxygen atoms in total. The lowest BCUT2D eigenvalue weighted by atomic mass is 10.2. The van der Waals surface area contributed by atoms with Gasteiger partial charge >= 0.3 is 0 Å². The summed E-state index contributed by atoms with van der Waals surface area (Å²) in [5.41, 5.74) is 1.82. The highest BCUT2D eigenvalue weighted by atomic mass is 127. The number of aryl methyl sites for hydroxylation is 2. The third kappa shape index (κ3) is 2.28. The van der Waals surface area contributed by atoms with Crippen LogP contribution in [0.5, 0.6) is 0 Å². The predicted octanol–water partition coefficient (Wildman–Crippen LogP) is 2.60. The van der Waals surface area contributed by atoms with Gasteiger partial charge in [0.1, 0.15) is 6.04 Å². The monoisotopic (exact) mass is 351 g/mol. The Kier molecular flexibility index (Phi) is 3.91. The van der Waals surface area contributed by atoms with Gasteiger partial charge in [-0.2, -0.15) is 5.10 Å². The second-order valence-electron chi connectivity index (χ2n) is 4.04. The number of rotatable bonds is 2. The van der Waals surface area contributed by atoms with Crippen LogP contribution in [-0.2, 0) is 0 Å². The van der Waals surface area contributed by atoms with Crippen molar-refractivity contribution in [2.75, 3.05) is 6.54 Å². The third-order valence-corrected chi connectivity index (χ3v) is 4.93. The molecule has 1 unspecified atom stereocenters. The number of aromatic nitrogens is 2. The van der Waals surface area contributed by atoms with Crippen LogP contribution < -0.4 is 0 Å². The molecule has 1 aromatic rings. The second kappa shape index (κ2) is 5.05. The number of carbonyl (C=O) groups is 1. The molecule has 16 heavy (non-hydrogen) atoms. The SMILES string of the molecule is Cc1cc(C)n(C(=O)C2CCCN2SI)n1. The summed E-state index contributed by atoms with van der Waals surface area (Å²) in [4.78, 5) is 12.3. The molecule has 0 amide bonds. The minimum absolute atomic E-state index is 0.0140. The van der Waals surface area contributed by atoms with Gasteiger partial charge in [-0.25, -0.2) is 8.99 Å². The largest absolute Gasteiger partial charge is 0.271 e. The van der Waals surface area contributed by atoms with Gasteiger partial charge in [-0.1, -0.05) is 0 Å². The summed E-state index contributed by atoms with van der Waals surface area (Å²) in [6.45, 7) is 4.83. The highest BCUT2D eigenvalue weighted by Gasteiger charge is 2.32. The first kappa shape index (κ1) is 12.4. The van der Waals surface area contributed by atoms with Crippen molar-refractivity contribution in [1.29, 1.82) is 0 Å². The molecule has 2 heterocycles. The Balaban J connectivity index is 2.21. The van der Waals surface area contributed by atoms with E-state index in [0.29, 0.717) is 0 Å². The maximum absolute atomic E-state index is 12.3. The Morgan fingerprint density at radius 1 is 1.62 bits per heavy atom. The van der Waals surface area contributed by atoms with E-state index in [1.165, 1.54) is 0 Å². The van der Waals surface area contributed by atoms with Crippen molar-refractivity contribution in [3.05, 3.63) is 17.5 Å². The van der Waals surface area contributed by atoms with Crippen LogP contribution >= 0.6 is 30.3 Å². The Labute approximate surface area is 111 Å². The zero-order valence-electron chi connectivity index (χ0n) is 9.31. The van der Waals surface area contributed by atoms with Crippen molar-refractivity contribution < 1.29 is 4.79 Å². The first-order valence-electron chi connectivity index (χ1n) is 5.26. The number of nitrogens with zero attached hydrogens (tertiary/aromatic N) is 3. The molecule has 1 fully saturated rings. The molecular formula is C10H14IN3OS. The minimum atomic E-state index is -0.0140. The topological polar surface area (TPSA) is 38.1 Å². The van der Waals surface area contributed by atoms with Gasteiger partial charge in [0.2, 0.25) is 0 Å². The summed E-state index contributed by atoms with van der Waals surface area (Å²) in [5, 5.41) is 4.25. The smallest absolute Gasteiger partial charge is 0.265 e. The van der Waals surface area contributed by atoms with Gasteiger partial charge in [-0.15, -0.1) is 0 Å². The summed E-state index contributed by atoms with van der Waals surface area (Å²) in [5.74, 6) is 0.104. The third-order valence-electron chi connectivity index (χ3n) is 2.80. The lowest BCUT2D eigenvalue weighted by Crippen LogP contribution is -2.35. The molecule has 88 valence electrons. The van der Waals surface area contributed by atoms with E-state index in [1.807, 2.05) is 19.9 Å². The second-order valence-corrected chi connectivity index (χ2v) is 5.83. The van der Waals surface area contributed by atoms with Crippen molar-refractivity contribution in [3.63, 3.8) is 0 Å². The van der Waals surface area contributed by atoms with Gasteiger partial charge in [0.25, 0.3) is 5.91 Å². The Hall–Kier alpha value is -0.0800. The van der Waals surface area contributed by atoms with E-state index in [1.54, 1.807) is 13.8 Å². The van der Waals surface area contributed by atoms with Crippen LogP contribution in [0.1, 0.15) is 29.0 Å². The maximum atomic E-state index is 12.3. The van der Waals surface area contributed by atoms with Gasteiger partial charge in [-0.05, 0) is 41.9 Å². The summed E-state index contributed by atoms with van der Waals surface area (Å²) < 4.78 is 3.69. The van der Waals surface area contributed by atoms with Crippen LogP contribution in [-0.4, -0.2) is 32.6 Å². The molecule has 1 saturated heterocycles. The number of hydrogen-bond acceptors (Lipinski definition) is 4. The molecule has 1 atom stereocenters. The molecule has 6 heteroatoms. The normalized spacial score (nSPS) is 21.6. The van der Waals surface area contributed by atoms with Crippen molar-refractivity contribution in [2.24, 2.45) is 0 Å². The molecule has 0 bridgehead atoms. The van der Waals surface area contributed by atoms with Crippen molar-refractivity contribution in [1.82, 2.24) is 14.1 Å².